The maximum absolute atomic E-state index is 0. The first-order valence-corrected chi connectivity index (χ1v) is 0. The van der Waals surface area contributed by atoms with Gasteiger partial charge in [-0.3, -0.25) is 0 Å². The molecule has 0 saturated carbocycles. The van der Waals surface area contributed by atoms with Crippen molar-refractivity contribution in [2.24, 2.45) is 0 Å². The summed E-state index contributed by atoms with van der Waals surface area (Å²) in [5, 5.41) is 0. The van der Waals surface area contributed by atoms with Gasteiger partial charge in [0.2, 0.25) is 0 Å². The van der Waals surface area contributed by atoms with Crippen molar-refractivity contribution in [3.05, 3.63) is 6.15 Å². The van der Waals surface area contributed by atoms with Crippen LogP contribution in [0.2, 0.25) is 0 Å². The summed E-state index contributed by atoms with van der Waals surface area (Å²) in [5.74, 6) is 0. The average Bonchev–Trinajstić information content (AvgIpc) is 0. The number of hydrogen-bond acceptors (Lipinski definition) is 2. The molecule has 0 aromatic rings. The van der Waals surface area contributed by atoms with Crippen molar-refractivity contribution in [3.8, 4) is 0 Å². The van der Waals surface area contributed by atoms with Gasteiger partial charge < -0.3 is 18.5 Å². The molecule has 0 saturated heterocycles. The van der Waals surface area contributed by atoms with E-state index in [2.05, 4.69) is 0 Å². The summed E-state index contributed by atoms with van der Waals surface area (Å²) < 4.78 is 0. The molecule has 28 valence electrons. The first-order chi connectivity index (χ1) is 0. The van der Waals surface area contributed by atoms with Crippen LogP contribution in [0.1, 0.15) is 0 Å². The first-order valence-electron chi connectivity index (χ1n) is 0. The normalized spacial score (nSPS) is 0. The van der Waals surface area contributed by atoms with E-state index in [-0.39, 0.29) is 49.6 Å². The molecule has 0 atom stereocenters. The van der Waals surface area contributed by atoms with E-state index in [1.165, 1.54) is 0 Å². The van der Waals surface area contributed by atoms with Crippen LogP contribution >= 0.6 is 0 Å². The molecule has 8 N–H and O–H groups in total. The second-order valence-electron chi connectivity index (χ2n) is 0. The second-order valence-corrected chi connectivity index (χ2v) is 0. The van der Waals surface area contributed by atoms with E-state index in [1.54, 1.807) is 0 Å². The molecule has 4 heteroatoms. The predicted octanol–water partition coefficient (Wildman–Crippen LogP) is 1.04. The largest absolute Gasteiger partial charge is 0.693 e. The molecule has 0 aliphatic heterocycles. The van der Waals surface area contributed by atoms with E-state index in [0.29, 0.717) is 0 Å². The van der Waals surface area contributed by atoms with Crippen LogP contribution in [-0.4, -0.2) is 0 Å². The van der Waals surface area contributed by atoms with Crippen molar-refractivity contribution in [2.45, 2.75) is 0 Å². The Morgan fingerprint density at radius 2 is 0.750 bits per heavy atom. The van der Waals surface area contributed by atoms with Gasteiger partial charge in [-0.15, -0.1) is 0 Å². The molecule has 4 heavy (non-hydrogen) atoms. The minimum atomic E-state index is 0. The molecule has 0 aliphatic rings. The van der Waals surface area contributed by atoms with E-state index < -0.39 is 0 Å². The zero-order valence-corrected chi connectivity index (χ0v) is 6.66. The molecule has 0 rings (SSSR count). The van der Waals surface area contributed by atoms with Crippen molar-refractivity contribution in [1.82, 2.24) is 12.3 Å². The molecule has 0 aromatic heterocycles. The van der Waals surface area contributed by atoms with Crippen LogP contribution < -0.4 is 12.3 Å². The fraction of sp³-hybridized carbons (Fsp3) is 0. The van der Waals surface area contributed by atoms with Crippen LogP contribution in [0.3, 0.4) is 0 Å². The van der Waals surface area contributed by atoms with E-state index in [9.17, 15) is 0 Å². The standard InChI is InChI=1S/2H3N.H2N.U/h2*1H3;1H2;/q;;-1;. The monoisotopic (exact) mass is 288 g/mol. The number of nitrogens with two attached hydrogens (primary N) is 1. The third-order valence-electron chi connectivity index (χ3n) is 0. The SMILES string of the molecule is N.N.[NH2-].[U]. The summed E-state index contributed by atoms with van der Waals surface area (Å²) >= 11 is 0. The van der Waals surface area contributed by atoms with Gasteiger partial charge in [0.05, 0.1) is 0 Å². The van der Waals surface area contributed by atoms with Crippen molar-refractivity contribution in [3.63, 3.8) is 0 Å². The summed E-state index contributed by atoms with van der Waals surface area (Å²) in [4.78, 5) is 0. The molecular formula is H8N3U-. The van der Waals surface area contributed by atoms with Gasteiger partial charge in [0, 0.05) is 31.1 Å². The van der Waals surface area contributed by atoms with Crippen LogP contribution in [0.15, 0.2) is 0 Å². The predicted molar refractivity (Wildman–Crippen MR) is 15.3 cm³/mol. The van der Waals surface area contributed by atoms with Crippen LogP contribution in [-0.2, 0) is 0 Å². The van der Waals surface area contributed by atoms with Crippen molar-refractivity contribution in [2.75, 3.05) is 0 Å². The van der Waals surface area contributed by atoms with Crippen molar-refractivity contribution in [1.29, 1.82) is 0 Å². The Kier molecular flexibility index (Phi) is 854. The van der Waals surface area contributed by atoms with Crippen LogP contribution in [0.5, 0.6) is 0 Å². The fourth-order valence-electron chi connectivity index (χ4n) is 0. The summed E-state index contributed by atoms with van der Waals surface area (Å²) in [5.41, 5.74) is 0. The first kappa shape index (κ1) is 87.8. The number of rotatable bonds is 0. The molecule has 0 amide bonds. The smallest absolute Gasteiger partial charge is 0 e. The second kappa shape index (κ2) is 38.9. The molecule has 0 spiro atoms. The van der Waals surface area contributed by atoms with E-state index >= 15 is 0 Å². The minimum Gasteiger partial charge on any atom is -0.693 e. The fourth-order valence-corrected chi connectivity index (χ4v) is 0. The molecule has 0 fully saturated rings. The minimum absolute atomic E-state index is 0. The Morgan fingerprint density at radius 1 is 0.750 bits per heavy atom. The molecule has 0 radical (unpaired) electrons. The summed E-state index contributed by atoms with van der Waals surface area (Å²) in [6.07, 6.45) is 0. The summed E-state index contributed by atoms with van der Waals surface area (Å²) in [7, 11) is 0. The van der Waals surface area contributed by atoms with Gasteiger partial charge in [-0.05, 0) is 0 Å². The molecule has 0 bridgehead atoms. The third-order valence-corrected chi connectivity index (χ3v) is 0. The van der Waals surface area contributed by atoms with Gasteiger partial charge in [0.25, 0.3) is 0 Å². The van der Waals surface area contributed by atoms with E-state index in [1.807, 2.05) is 0 Å². The van der Waals surface area contributed by atoms with Gasteiger partial charge in [-0.2, -0.15) is 0 Å². The summed E-state index contributed by atoms with van der Waals surface area (Å²) in [6.45, 7) is 0. The van der Waals surface area contributed by atoms with Gasteiger partial charge in [-0.1, -0.05) is 0 Å². The zero-order valence-electron chi connectivity index (χ0n) is 2.49. The number of hydrogen-bond donors (Lipinski definition) is 2. The Hall–Kier alpha value is 0.932. The molecular weight excluding hydrogens is 280 g/mol. The van der Waals surface area contributed by atoms with Gasteiger partial charge in [0.1, 0.15) is 0 Å². The van der Waals surface area contributed by atoms with Crippen LogP contribution in [0.4, 0.5) is 0 Å². The third kappa shape index (κ3) is 12.6. The zero-order chi connectivity index (χ0) is 0. The van der Waals surface area contributed by atoms with Gasteiger partial charge in [0.15, 0.2) is 0 Å². The van der Waals surface area contributed by atoms with E-state index in [4.69, 9.17) is 0 Å². The molecule has 0 unspecified atom stereocenters. The van der Waals surface area contributed by atoms with Crippen LogP contribution in [0.25, 0.3) is 6.15 Å². The quantitative estimate of drug-likeness (QED) is 0.695. The topological polar surface area (TPSA) is 104 Å². The Bertz CT molecular complexity index is 3.25. The maximum atomic E-state index is 0. The molecule has 3 nitrogen and oxygen atoms in total. The molecule has 0 heterocycles. The Labute approximate surface area is 49.7 Å². The van der Waals surface area contributed by atoms with E-state index in [0.717, 1.165) is 0 Å². The maximum Gasteiger partial charge on any atom is 0 e. The summed E-state index contributed by atoms with van der Waals surface area (Å²) in [6, 6.07) is 0. The van der Waals surface area contributed by atoms with Gasteiger partial charge >= 0.3 is 0 Å². The Morgan fingerprint density at radius 3 is 0.750 bits per heavy atom. The van der Waals surface area contributed by atoms with Crippen molar-refractivity contribution < 1.29 is 31.1 Å². The average molecular weight is 288 g/mol. The molecule has 0 aromatic carbocycles. The van der Waals surface area contributed by atoms with Crippen LogP contribution in [0, 0.1) is 31.1 Å². The Balaban J connectivity index is 0. The molecule has 0 aliphatic carbocycles. The van der Waals surface area contributed by atoms with Gasteiger partial charge in [-0.25, -0.2) is 0 Å². The van der Waals surface area contributed by atoms with Crippen molar-refractivity contribution >= 4 is 0 Å².